The maximum atomic E-state index is 16.1. The van der Waals surface area contributed by atoms with E-state index in [1.165, 1.54) is 0 Å². The van der Waals surface area contributed by atoms with Gasteiger partial charge in [0.05, 0.1) is 13.2 Å². The van der Waals surface area contributed by atoms with Crippen molar-refractivity contribution >= 4 is 35.5 Å². The first kappa shape index (κ1) is 25.0. The lowest BCUT2D eigenvalue weighted by atomic mass is 9.62. The molecule has 2 unspecified atom stereocenters. The summed E-state index contributed by atoms with van der Waals surface area (Å²) in [5.41, 5.74) is -8.98. The highest BCUT2D eigenvalue weighted by Gasteiger charge is 2.68. The highest BCUT2D eigenvalue weighted by Crippen LogP contribution is 2.58. The molecule has 164 valence electrons. The summed E-state index contributed by atoms with van der Waals surface area (Å²) in [5.74, 6) is -10.7. The van der Waals surface area contributed by atoms with Crippen LogP contribution in [0.4, 0.5) is 13.2 Å². The summed E-state index contributed by atoms with van der Waals surface area (Å²) in [4.78, 5) is 46.0. The minimum absolute atomic E-state index is 0.677. The van der Waals surface area contributed by atoms with Gasteiger partial charge >= 0.3 is 23.9 Å². The third-order valence-electron chi connectivity index (χ3n) is 4.38. The highest BCUT2D eigenvalue weighted by atomic mass is 35.5. The summed E-state index contributed by atoms with van der Waals surface area (Å²) in [6.45, 7) is 4.28. The lowest BCUT2D eigenvalue weighted by Crippen LogP contribution is -2.57. The van der Waals surface area contributed by atoms with Crippen molar-refractivity contribution in [3.8, 4) is 0 Å². The van der Waals surface area contributed by atoms with Crippen molar-refractivity contribution < 1.29 is 52.0 Å². The van der Waals surface area contributed by atoms with Crippen molar-refractivity contribution in [2.75, 3.05) is 13.2 Å². The number of alkyl halides is 1. The van der Waals surface area contributed by atoms with E-state index in [4.69, 9.17) is 11.6 Å². The van der Waals surface area contributed by atoms with Gasteiger partial charge in [0.2, 0.25) is 0 Å². The van der Waals surface area contributed by atoms with Gasteiger partial charge < -0.3 is 19.7 Å². The number of carboxylic acid groups (broad SMARTS) is 2. The molecule has 2 N–H and O–H groups in total. The van der Waals surface area contributed by atoms with E-state index in [1.807, 2.05) is 0 Å². The number of hydrogen-bond donors (Lipinski definition) is 2. The molecule has 0 heterocycles. The zero-order valence-electron chi connectivity index (χ0n) is 15.3. The lowest BCUT2D eigenvalue weighted by Gasteiger charge is -2.43. The average molecular weight is 453 g/mol. The largest absolute Gasteiger partial charge is 0.480 e. The first-order chi connectivity index (χ1) is 13.9. The Hall–Kier alpha value is -3.08. The maximum absolute atomic E-state index is 16.1. The molecule has 0 saturated heterocycles. The van der Waals surface area contributed by atoms with Gasteiger partial charge in [-0.3, -0.25) is 4.79 Å². The molecule has 0 amide bonds. The van der Waals surface area contributed by atoms with Crippen LogP contribution in [0.15, 0.2) is 47.6 Å². The molecular weight excluding hydrogens is 437 g/mol. The fraction of sp³-hybridized carbons (Fsp3) is 0.333. The predicted octanol–water partition coefficient (Wildman–Crippen LogP) is 2.75. The average Bonchev–Trinajstić information content (AvgIpc) is 2.68. The molecule has 0 spiro atoms. The first-order valence-electron chi connectivity index (χ1n) is 8.11. The summed E-state index contributed by atoms with van der Waals surface area (Å²) in [7, 11) is 0. The Morgan fingerprint density at radius 1 is 1.00 bits per heavy atom. The van der Waals surface area contributed by atoms with E-state index in [1.54, 1.807) is 0 Å². The second-order valence-corrected chi connectivity index (χ2v) is 6.25. The monoisotopic (exact) mass is 452 g/mol. The maximum Gasteiger partial charge on any atom is 0.337 e. The second kappa shape index (κ2) is 9.61. The van der Waals surface area contributed by atoms with Gasteiger partial charge in [-0.1, -0.05) is 24.8 Å². The minimum atomic E-state index is -3.79. The third kappa shape index (κ3) is 4.25. The van der Waals surface area contributed by atoms with E-state index < -0.39 is 83.3 Å². The number of aliphatic carboxylic acids is 2. The standard InChI is InChI=1S/C18H16ClF3O8/c1-3-9(23)29-7-5-17(16(27)28)14(21)12(19)13(20)11(15(25)26)18(17,22)6-8-30-10(24)4-2/h3-4H,1-2,5-8H2,(H,25,26)(H,27,28). The second-order valence-electron chi connectivity index (χ2n) is 5.88. The van der Waals surface area contributed by atoms with Crippen molar-refractivity contribution in [3.05, 3.63) is 47.6 Å². The van der Waals surface area contributed by atoms with Crippen LogP contribution in [0.5, 0.6) is 0 Å². The van der Waals surface area contributed by atoms with Crippen LogP contribution in [-0.4, -0.2) is 53.0 Å². The Balaban J connectivity index is 3.63. The topological polar surface area (TPSA) is 127 Å². The summed E-state index contributed by atoms with van der Waals surface area (Å²) in [6, 6.07) is 0. The van der Waals surface area contributed by atoms with Crippen molar-refractivity contribution in [3.63, 3.8) is 0 Å². The fourth-order valence-electron chi connectivity index (χ4n) is 2.95. The molecular formula is C18H16ClF3O8. The number of hydrogen-bond acceptors (Lipinski definition) is 6. The van der Waals surface area contributed by atoms with Gasteiger partial charge in [-0.2, -0.15) is 0 Å². The Morgan fingerprint density at radius 3 is 1.87 bits per heavy atom. The first-order valence-corrected chi connectivity index (χ1v) is 8.48. The quantitative estimate of drug-likeness (QED) is 0.382. The number of rotatable bonds is 10. The van der Waals surface area contributed by atoms with Crippen LogP contribution >= 0.6 is 11.6 Å². The summed E-state index contributed by atoms with van der Waals surface area (Å²) < 4.78 is 54.6. The van der Waals surface area contributed by atoms with Crippen LogP contribution in [0.2, 0.25) is 0 Å². The molecule has 0 fully saturated rings. The lowest BCUT2D eigenvalue weighted by molar-refractivity contribution is -0.163. The van der Waals surface area contributed by atoms with Crippen LogP contribution in [0.1, 0.15) is 12.8 Å². The van der Waals surface area contributed by atoms with Gasteiger partial charge in [-0.05, 0) is 0 Å². The van der Waals surface area contributed by atoms with Gasteiger partial charge in [0.1, 0.15) is 16.4 Å². The third-order valence-corrected chi connectivity index (χ3v) is 4.71. The van der Waals surface area contributed by atoms with Crippen LogP contribution < -0.4 is 0 Å². The van der Waals surface area contributed by atoms with Crippen molar-refractivity contribution in [1.82, 2.24) is 0 Å². The number of allylic oxidation sites excluding steroid dienone is 2. The molecule has 0 aromatic carbocycles. The van der Waals surface area contributed by atoms with E-state index in [0.717, 1.165) is 0 Å². The smallest absolute Gasteiger partial charge is 0.337 e. The number of halogens is 4. The zero-order valence-corrected chi connectivity index (χ0v) is 16.0. The molecule has 1 aliphatic carbocycles. The SMILES string of the molecule is C=CC(=O)OCCC1(F)C(C(=O)O)=C(F)C(Cl)=C(F)C1(CCOC(=O)C=C)C(=O)O. The molecule has 0 aromatic heterocycles. The number of carboxylic acids is 2. The fourth-order valence-corrected chi connectivity index (χ4v) is 3.21. The van der Waals surface area contributed by atoms with Gasteiger partial charge in [0.15, 0.2) is 16.9 Å². The normalized spacial score (nSPS) is 23.6. The Labute approximate surface area is 172 Å². The molecule has 2 atom stereocenters. The number of esters is 2. The van der Waals surface area contributed by atoms with Crippen LogP contribution in [0.25, 0.3) is 0 Å². The van der Waals surface area contributed by atoms with Gasteiger partial charge in [-0.15, -0.1) is 0 Å². The number of ether oxygens (including phenoxy) is 2. The van der Waals surface area contributed by atoms with E-state index in [-0.39, 0.29) is 0 Å². The van der Waals surface area contributed by atoms with Crippen LogP contribution in [0.3, 0.4) is 0 Å². The molecule has 12 heteroatoms. The zero-order chi connectivity index (χ0) is 23.3. The molecule has 0 aliphatic heterocycles. The molecule has 0 bridgehead atoms. The molecule has 0 saturated carbocycles. The summed E-state index contributed by atoms with van der Waals surface area (Å²) >= 11 is 5.44. The highest BCUT2D eigenvalue weighted by molar-refractivity contribution is 6.33. The molecule has 1 rings (SSSR count). The van der Waals surface area contributed by atoms with E-state index in [0.29, 0.717) is 12.2 Å². The van der Waals surface area contributed by atoms with Crippen molar-refractivity contribution in [2.45, 2.75) is 18.5 Å². The molecule has 0 aromatic rings. The minimum Gasteiger partial charge on any atom is -0.480 e. The predicted molar refractivity (Wildman–Crippen MR) is 95.2 cm³/mol. The van der Waals surface area contributed by atoms with Crippen LogP contribution in [0, 0.1) is 5.41 Å². The van der Waals surface area contributed by atoms with Gasteiger partial charge in [0, 0.05) is 25.0 Å². The number of carbonyl (C=O) groups is 4. The van der Waals surface area contributed by atoms with Crippen molar-refractivity contribution in [1.29, 1.82) is 0 Å². The van der Waals surface area contributed by atoms with Gasteiger partial charge in [-0.25, -0.2) is 27.6 Å². The molecule has 8 nitrogen and oxygen atoms in total. The Bertz CT molecular complexity index is 865. The van der Waals surface area contributed by atoms with Crippen molar-refractivity contribution in [2.24, 2.45) is 5.41 Å². The number of carbonyl (C=O) groups excluding carboxylic acids is 2. The van der Waals surface area contributed by atoms with Crippen LogP contribution in [-0.2, 0) is 28.7 Å². The Kier molecular flexibility index (Phi) is 8.00. The van der Waals surface area contributed by atoms with E-state index in [9.17, 15) is 38.2 Å². The Morgan fingerprint density at radius 2 is 1.47 bits per heavy atom. The van der Waals surface area contributed by atoms with Gasteiger partial charge in [0.25, 0.3) is 0 Å². The van der Waals surface area contributed by atoms with E-state index in [2.05, 4.69) is 22.6 Å². The molecule has 1 aliphatic rings. The van der Waals surface area contributed by atoms with E-state index >= 15 is 4.39 Å². The summed E-state index contributed by atoms with van der Waals surface area (Å²) in [6.07, 6.45) is -1.08. The summed E-state index contributed by atoms with van der Waals surface area (Å²) in [5, 5.41) is 17.4. The molecule has 0 radical (unpaired) electrons. The molecule has 30 heavy (non-hydrogen) atoms.